The van der Waals surface area contributed by atoms with Crippen molar-refractivity contribution < 1.29 is 14.6 Å². The molecule has 0 aromatic carbocycles. The molecule has 1 heterocycles. The molecule has 0 aromatic heterocycles. The zero-order valence-corrected chi connectivity index (χ0v) is 9.32. The van der Waals surface area contributed by atoms with Gasteiger partial charge in [-0.25, -0.2) is 0 Å². The van der Waals surface area contributed by atoms with Crippen LogP contribution in [0.15, 0.2) is 12.2 Å². The van der Waals surface area contributed by atoms with Crippen LogP contribution in [0.25, 0.3) is 0 Å². The van der Waals surface area contributed by atoms with Crippen LogP contribution < -0.4 is 0 Å². The largest absolute Gasteiger partial charge is 0.390 e. The van der Waals surface area contributed by atoms with E-state index in [1.165, 1.54) is 5.57 Å². The van der Waals surface area contributed by atoms with Gasteiger partial charge in [0.25, 0.3) is 0 Å². The van der Waals surface area contributed by atoms with E-state index in [-0.39, 0.29) is 23.7 Å². The van der Waals surface area contributed by atoms with E-state index in [0.29, 0.717) is 0 Å². The molecule has 3 atom stereocenters. The predicted octanol–water partition coefficient (Wildman–Crippen LogP) is 1.61. The zero-order valence-electron chi connectivity index (χ0n) is 9.32. The lowest BCUT2D eigenvalue weighted by Gasteiger charge is -2.44. The van der Waals surface area contributed by atoms with Gasteiger partial charge in [-0.1, -0.05) is 12.2 Å². The summed E-state index contributed by atoms with van der Waals surface area (Å²) in [5, 5.41) is 9.98. The second-order valence-corrected chi connectivity index (χ2v) is 5.76. The van der Waals surface area contributed by atoms with Crippen molar-refractivity contribution in [3.8, 4) is 0 Å². The summed E-state index contributed by atoms with van der Waals surface area (Å²) in [6, 6.07) is 0. The van der Waals surface area contributed by atoms with Gasteiger partial charge in [0.15, 0.2) is 5.79 Å². The van der Waals surface area contributed by atoms with Gasteiger partial charge in [0.05, 0.1) is 12.2 Å². The molecule has 0 radical (unpaired) electrons. The van der Waals surface area contributed by atoms with Crippen LogP contribution >= 0.6 is 0 Å². The summed E-state index contributed by atoms with van der Waals surface area (Å²) >= 11 is 0. The molecule has 2 saturated carbocycles. The second-order valence-electron chi connectivity index (χ2n) is 5.76. The molecule has 84 valence electrons. The molecule has 3 nitrogen and oxygen atoms in total. The molecule has 3 rings (SSSR count). The van der Waals surface area contributed by atoms with Gasteiger partial charge >= 0.3 is 0 Å². The van der Waals surface area contributed by atoms with Crippen molar-refractivity contribution in [3.05, 3.63) is 12.2 Å². The first-order valence-corrected chi connectivity index (χ1v) is 5.62. The first-order chi connectivity index (χ1) is 6.92. The molecule has 1 N–H and O–H groups in total. The smallest absolute Gasteiger partial charge is 0.163 e. The van der Waals surface area contributed by atoms with E-state index in [4.69, 9.17) is 9.47 Å². The zero-order chi connectivity index (χ0) is 10.8. The molecule has 0 aromatic rings. The fraction of sp³-hybridized carbons (Fsp3) is 0.833. The molecule has 3 aliphatic rings. The van der Waals surface area contributed by atoms with Gasteiger partial charge in [-0.05, 0) is 33.1 Å². The molecular formula is C12H18O3. The molecule has 0 amide bonds. The van der Waals surface area contributed by atoms with Crippen molar-refractivity contribution >= 4 is 0 Å². The number of hydrogen-bond donors (Lipinski definition) is 1. The predicted molar refractivity (Wildman–Crippen MR) is 55.3 cm³/mol. The Morgan fingerprint density at radius 1 is 1.33 bits per heavy atom. The summed E-state index contributed by atoms with van der Waals surface area (Å²) in [6.07, 6.45) is 2.35. The van der Waals surface area contributed by atoms with E-state index in [9.17, 15) is 5.11 Å². The molecule has 1 aliphatic heterocycles. The summed E-state index contributed by atoms with van der Waals surface area (Å²) in [5.41, 5.74) is 1.39. The van der Waals surface area contributed by atoms with E-state index in [1.807, 2.05) is 13.8 Å². The monoisotopic (exact) mass is 210 g/mol. The van der Waals surface area contributed by atoms with Crippen LogP contribution in [0.2, 0.25) is 0 Å². The lowest BCUT2D eigenvalue weighted by molar-refractivity contribution is -0.178. The van der Waals surface area contributed by atoms with Gasteiger partial charge in [0.2, 0.25) is 0 Å². The molecule has 0 bridgehead atoms. The number of allylic oxidation sites excluding steroid dienone is 1. The van der Waals surface area contributed by atoms with Crippen LogP contribution in [-0.2, 0) is 9.47 Å². The summed E-state index contributed by atoms with van der Waals surface area (Å²) in [5.74, 6) is -0.541. The molecule has 0 unspecified atom stereocenters. The van der Waals surface area contributed by atoms with Crippen LogP contribution in [0.5, 0.6) is 0 Å². The molecule has 15 heavy (non-hydrogen) atoms. The fourth-order valence-electron chi connectivity index (χ4n) is 3.48. The van der Waals surface area contributed by atoms with Gasteiger partial charge < -0.3 is 14.6 Å². The van der Waals surface area contributed by atoms with Crippen molar-refractivity contribution in [2.75, 3.05) is 0 Å². The van der Waals surface area contributed by atoms with Gasteiger partial charge in [0.1, 0.15) is 6.10 Å². The van der Waals surface area contributed by atoms with Crippen molar-refractivity contribution in [3.63, 3.8) is 0 Å². The number of hydrogen-bond acceptors (Lipinski definition) is 3. The second kappa shape index (κ2) is 2.65. The van der Waals surface area contributed by atoms with Gasteiger partial charge in [-0.15, -0.1) is 0 Å². The third-order valence-electron chi connectivity index (χ3n) is 3.93. The molecule has 2 aliphatic carbocycles. The van der Waals surface area contributed by atoms with E-state index >= 15 is 0 Å². The minimum atomic E-state index is -0.541. The van der Waals surface area contributed by atoms with Crippen molar-refractivity contribution in [1.82, 2.24) is 0 Å². The Morgan fingerprint density at radius 2 is 2.00 bits per heavy atom. The maximum Gasteiger partial charge on any atom is 0.163 e. The van der Waals surface area contributed by atoms with Crippen LogP contribution in [0.3, 0.4) is 0 Å². The summed E-state index contributed by atoms with van der Waals surface area (Å²) in [6.45, 7) is 7.81. The third-order valence-corrected chi connectivity index (χ3v) is 3.93. The highest BCUT2D eigenvalue weighted by Crippen LogP contribution is 2.60. The Hall–Kier alpha value is -0.380. The normalized spacial score (nSPS) is 45.5. The van der Waals surface area contributed by atoms with Crippen LogP contribution in [0, 0.1) is 5.41 Å². The average molecular weight is 210 g/mol. The number of aliphatic hydroxyl groups is 1. The number of ether oxygens (including phenoxy) is 2. The maximum absolute atomic E-state index is 9.98. The van der Waals surface area contributed by atoms with E-state index in [1.54, 1.807) is 0 Å². The third kappa shape index (κ3) is 1.23. The number of fused-ring (bicyclic) bond motifs is 2. The Morgan fingerprint density at radius 3 is 2.60 bits per heavy atom. The van der Waals surface area contributed by atoms with Crippen molar-refractivity contribution in [2.24, 2.45) is 5.41 Å². The average Bonchev–Trinajstić information content (AvgIpc) is 2.47. The first-order valence-electron chi connectivity index (χ1n) is 5.62. The SMILES string of the molecule is C=C1CC2(C1)C[C@H](O)[C@@H]1OC(C)(C)O[C@@H]12. The van der Waals surface area contributed by atoms with Gasteiger partial charge in [0, 0.05) is 5.41 Å². The summed E-state index contributed by atoms with van der Waals surface area (Å²) < 4.78 is 11.7. The Balaban J connectivity index is 1.87. The molecular weight excluding hydrogens is 192 g/mol. The molecule has 3 fully saturated rings. The standard InChI is InChI=1S/C12H18O3/c1-7-4-12(5-7)6-8(13)9-10(12)15-11(2,3)14-9/h8-10,13H,1,4-6H2,2-3H3/t8-,9-,10-/m0/s1. The highest BCUT2D eigenvalue weighted by molar-refractivity contribution is 5.23. The Labute approximate surface area is 90.1 Å². The van der Waals surface area contributed by atoms with Crippen LogP contribution in [-0.4, -0.2) is 29.2 Å². The topological polar surface area (TPSA) is 38.7 Å². The van der Waals surface area contributed by atoms with Crippen LogP contribution in [0.1, 0.15) is 33.1 Å². The highest BCUT2D eigenvalue weighted by Gasteiger charge is 2.63. The fourth-order valence-corrected chi connectivity index (χ4v) is 3.48. The summed E-state index contributed by atoms with van der Waals surface area (Å²) in [7, 11) is 0. The lowest BCUT2D eigenvalue weighted by atomic mass is 9.63. The minimum Gasteiger partial charge on any atom is -0.390 e. The molecule has 3 heteroatoms. The van der Waals surface area contributed by atoms with Crippen molar-refractivity contribution in [1.29, 1.82) is 0 Å². The van der Waals surface area contributed by atoms with Crippen LogP contribution in [0.4, 0.5) is 0 Å². The highest BCUT2D eigenvalue weighted by atomic mass is 16.8. The van der Waals surface area contributed by atoms with E-state index in [2.05, 4.69) is 6.58 Å². The minimum absolute atomic E-state index is 0.0630. The number of aliphatic hydroxyl groups excluding tert-OH is 1. The van der Waals surface area contributed by atoms with Gasteiger partial charge in [-0.2, -0.15) is 0 Å². The Bertz CT molecular complexity index is 313. The summed E-state index contributed by atoms with van der Waals surface area (Å²) in [4.78, 5) is 0. The van der Waals surface area contributed by atoms with Gasteiger partial charge in [-0.3, -0.25) is 0 Å². The molecule has 1 saturated heterocycles. The quantitative estimate of drug-likeness (QED) is 0.617. The maximum atomic E-state index is 9.98. The first kappa shape index (κ1) is 9.82. The number of rotatable bonds is 0. The van der Waals surface area contributed by atoms with E-state index < -0.39 is 5.79 Å². The lowest BCUT2D eigenvalue weighted by Crippen LogP contribution is -2.42. The van der Waals surface area contributed by atoms with E-state index in [0.717, 1.165) is 19.3 Å². The van der Waals surface area contributed by atoms with Crippen molar-refractivity contribution in [2.45, 2.75) is 57.2 Å². The molecule has 1 spiro atoms. The Kier molecular flexibility index (Phi) is 1.73.